The summed E-state index contributed by atoms with van der Waals surface area (Å²) in [6.45, 7) is 2.02. The van der Waals surface area contributed by atoms with Crippen LogP contribution in [0.2, 0.25) is 0 Å². The SMILES string of the molecule is Cc1ccc([P+](CC(=O)ON2C(=O)CCC2=O)(c2ccccc2)c2ccccc2)cc1. The van der Waals surface area contributed by atoms with Crippen molar-refractivity contribution >= 4 is 41.0 Å². The van der Waals surface area contributed by atoms with Gasteiger partial charge in [0, 0.05) is 12.8 Å². The molecule has 0 radical (unpaired) electrons. The van der Waals surface area contributed by atoms with Crippen LogP contribution in [0.1, 0.15) is 18.4 Å². The number of hydroxylamine groups is 2. The molecule has 3 aromatic rings. The number of nitrogens with zero attached hydrogens (tertiary/aromatic N) is 1. The highest BCUT2D eigenvalue weighted by atomic mass is 31.2. The van der Waals surface area contributed by atoms with Crippen molar-refractivity contribution in [2.24, 2.45) is 0 Å². The Bertz CT molecular complexity index is 1040. The Labute approximate surface area is 181 Å². The van der Waals surface area contributed by atoms with Crippen LogP contribution in [0, 0.1) is 6.92 Å². The third-order valence-electron chi connectivity index (χ3n) is 5.43. The standard InChI is InChI=1S/C25H23NO4P/c1-19-12-14-22(15-13-19)31(20-8-4-2-5-9-20,21-10-6-3-7-11-21)18-25(29)30-26-23(27)16-17-24(26)28/h2-15H,16-18H2,1H3/q+1. The largest absolute Gasteiger partial charge is 0.371 e. The molecule has 1 heterocycles. The van der Waals surface area contributed by atoms with Crippen molar-refractivity contribution < 1.29 is 19.2 Å². The summed E-state index contributed by atoms with van der Waals surface area (Å²) in [5.74, 6) is -1.54. The molecule has 0 N–H and O–H groups in total. The van der Waals surface area contributed by atoms with Gasteiger partial charge in [-0.1, -0.05) is 54.1 Å². The van der Waals surface area contributed by atoms with Crippen LogP contribution in [0.15, 0.2) is 84.9 Å². The van der Waals surface area contributed by atoms with Crippen LogP contribution in [-0.2, 0) is 19.2 Å². The molecular weight excluding hydrogens is 409 g/mol. The molecule has 3 aromatic carbocycles. The molecule has 0 aliphatic carbocycles. The summed E-state index contributed by atoms with van der Waals surface area (Å²) in [5, 5.41) is 3.72. The molecule has 4 rings (SSSR count). The first-order valence-electron chi connectivity index (χ1n) is 10.1. The van der Waals surface area contributed by atoms with Crippen molar-refractivity contribution in [2.75, 3.05) is 6.16 Å². The highest BCUT2D eigenvalue weighted by Crippen LogP contribution is 2.55. The fourth-order valence-corrected chi connectivity index (χ4v) is 7.77. The van der Waals surface area contributed by atoms with E-state index in [1.54, 1.807) is 0 Å². The Hall–Kier alpha value is -3.30. The number of imide groups is 1. The molecule has 1 saturated heterocycles. The van der Waals surface area contributed by atoms with E-state index in [0.717, 1.165) is 21.5 Å². The Balaban J connectivity index is 1.83. The fraction of sp³-hybridized carbons (Fsp3) is 0.160. The number of rotatable bonds is 6. The zero-order valence-corrected chi connectivity index (χ0v) is 18.1. The third-order valence-corrected chi connectivity index (χ3v) is 9.71. The van der Waals surface area contributed by atoms with Crippen LogP contribution in [0.4, 0.5) is 0 Å². The Kier molecular flexibility index (Phi) is 5.97. The maximum absolute atomic E-state index is 13.2. The van der Waals surface area contributed by atoms with Gasteiger partial charge in [0.15, 0.2) is 6.16 Å². The van der Waals surface area contributed by atoms with E-state index in [1.165, 1.54) is 0 Å². The summed E-state index contributed by atoms with van der Waals surface area (Å²) in [7, 11) is -2.45. The number of aryl methyl sites for hydroxylation is 1. The maximum atomic E-state index is 13.2. The van der Waals surface area contributed by atoms with Gasteiger partial charge in [0.1, 0.15) is 23.2 Å². The molecule has 1 aliphatic rings. The molecule has 0 spiro atoms. The minimum atomic E-state index is -2.45. The topological polar surface area (TPSA) is 63.7 Å². The molecule has 6 heteroatoms. The van der Waals surface area contributed by atoms with Crippen LogP contribution in [0.25, 0.3) is 0 Å². The van der Waals surface area contributed by atoms with Gasteiger partial charge in [0.25, 0.3) is 11.8 Å². The second-order valence-corrected chi connectivity index (χ2v) is 11.0. The monoisotopic (exact) mass is 432 g/mol. The lowest BCUT2D eigenvalue weighted by molar-refractivity contribution is -0.195. The molecule has 156 valence electrons. The number of carbonyl (C=O) groups excluding carboxylic acids is 3. The van der Waals surface area contributed by atoms with E-state index < -0.39 is 25.0 Å². The van der Waals surface area contributed by atoms with Crippen LogP contribution in [-0.4, -0.2) is 29.0 Å². The van der Waals surface area contributed by atoms with Gasteiger partial charge in [-0.05, 0) is 43.3 Å². The second-order valence-electron chi connectivity index (χ2n) is 7.52. The number of hydrogen-bond acceptors (Lipinski definition) is 4. The number of amides is 2. The molecule has 2 amide bonds. The van der Waals surface area contributed by atoms with Crippen LogP contribution in [0.5, 0.6) is 0 Å². The van der Waals surface area contributed by atoms with Gasteiger partial charge >= 0.3 is 5.97 Å². The van der Waals surface area contributed by atoms with E-state index >= 15 is 0 Å². The molecular formula is C25H23NO4P+. The van der Waals surface area contributed by atoms with Crippen molar-refractivity contribution in [3.63, 3.8) is 0 Å². The molecule has 0 aromatic heterocycles. The van der Waals surface area contributed by atoms with Crippen molar-refractivity contribution in [3.8, 4) is 0 Å². The first-order valence-corrected chi connectivity index (χ1v) is 12.1. The van der Waals surface area contributed by atoms with Gasteiger partial charge in [0.2, 0.25) is 0 Å². The van der Waals surface area contributed by atoms with Crippen LogP contribution in [0.3, 0.4) is 0 Å². The van der Waals surface area contributed by atoms with Gasteiger partial charge < -0.3 is 4.84 Å². The van der Waals surface area contributed by atoms with Crippen molar-refractivity contribution in [1.29, 1.82) is 0 Å². The van der Waals surface area contributed by atoms with Gasteiger partial charge in [-0.2, -0.15) is 0 Å². The fourth-order valence-electron chi connectivity index (χ4n) is 3.87. The summed E-state index contributed by atoms with van der Waals surface area (Å²) in [6.07, 6.45) is 0.185. The first kappa shape index (κ1) is 21.0. The van der Waals surface area contributed by atoms with E-state index in [4.69, 9.17) is 4.84 Å². The minimum Gasteiger partial charge on any atom is -0.326 e. The summed E-state index contributed by atoms with van der Waals surface area (Å²) in [5.41, 5.74) is 1.12. The van der Waals surface area contributed by atoms with Gasteiger partial charge in [-0.25, -0.2) is 4.79 Å². The van der Waals surface area contributed by atoms with E-state index in [9.17, 15) is 14.4 Å². The van der Waals surface area contributed by atoms with Crippen LogP contribution >= 0.6 is 7.26 Å². The average molecular weight is 432 g/mol. The Morgan fingerprint density at radius 3 is 1.71 bits per heavy atom. The van der Waals surface area contributed by atoms with Crippen molar-refractivity contribution in [2.45, 2.75) is 19.8 Å². The van der Waals surface area contributed by atoms with E-state index in [2.05, 4.69) is 12.1 Å². The van der Waals surface area contributed by atoms with E-state index in [1.807, 2.05) is 79.7 Å². The first-order chi connectivity index (χ1) is 15.0. The average Bonchev–Trinajstić information content (AvgIpc) is 3.11. The van der Waals surface area contributed by atoms with E-state index in [0.29, 0.717) is 5.06 Å². The molecule has 31 heavy (non-hydrogen) atoms. The normalized spacial score (nSPS) is 14.0. The molecule has 0 saturated carbocycles. The van der Waals surface area contributed by atoms with Gasteiger partial charge in [0.05, 0.1) is 0 Å². The van der Waals surface area contributed by atoms with Crippen molar-refractivity contribution in [3.05, 3.63) is 90.5 Å². The quantitative estimate of drug-likeness (QED) is 0.444. The highest BCUT2D eigenvalue weighted by molar-refractivity contribution is 7.96. The van der Waals surface area contributed by atoms with Gasteiger partial charge in [-0.15, -0.1) is 5.06 Å². The molecule has 5 nitrogen and oxygen atoms in total. The Morgan fingerprint density at radius 1 is 0.774 bits per heavy atom. The summed E-state index contributed by atoms with van der Waals surface area (Å²) < 4.78 is 0. The lowest BCUT2D eigenvalue weighted by Crippen LogP contribution is -2.39. The third kappa shape index (κ3) is 4.14. The lowest BCUT2D eigenvalue weighted by Gasteiger charge is -2.27. The van der Waals surface area contributed by atoms with Crippen LogP contribution < -0.4 is 15.9 Å². The molecule has 0 unspecified atom stereocenters. The smallest absolute Gasteiger partial charge is 0.326 e. The lowest BCUT2D eigenvalue weighted by atomic mass is 10.2. The van der Waals surface area contributed by atoms with E-state index in [-0.39, 0.29) is 19.0 Å². The predicted octanol–water partition coefficient (Wildman–Crippen LogP) is 2.90. The number of benzene rings is 3. The number of hydrogen-bond donors (Lipinski definition) is 0. The van der Waals surface area contributed by atoms with Crippen molar-refractivity contribution in [1.82, 2.24) is 5.06 Å². The molecule has 0 atom stereocenters. The maximum Gasteiger partial charge on any atom is 0.371 e. The highest BCUT2D eigenvalue weighted by Gasteiger charge is 2.49. The summed E-state index contributed by atoms with van der Waals surface area (Å²) in [4.78, 5) is 42.4. The number of carbonyl (C=O) groups is 3. The second kappa shape index (κ2) is 8.83. The predicted molar refractivity (Wildman–Crippen MR) is 122 cm³/mol. The molecule has 0 bridgehead atoms. The summed E-state index contributed by atoms with van der Waals surface area (Å²) in [6, 6.07) is 28.0. The molecule has 1 fully saturated rings. The summed E-state index contributed by atoms with van der Waals surface area (Å²) >= 11 is 0. The Morgan fingerprint density at radius 2 is 1.23 bits per heavy atom. The van der Waals surface area contributed by atoms with Gasteiger partial charge in [-0.3, -0.25) is 9.59 Å². The zero-order chi connectivity index (χ0) is 21.8. The zero-order valence-electron chi connectivity index (χ0n) is 17.2. The minimum absolute atomic E-state index is 0.0428. The molecule has 1 aliphatic heterocycles.